The average molecular weight is 375 g/mol. The van der Waals surface area contributed by atoms with E-state index in [1.54, 1.807) is 12.1 Å². The Hall–Kier alpha value is -2.66. The number of nitrogens with one attached hydrogen (secondary N) is 1. The van der Waals surface area contributed by atoms with E-state index in [1.165, 1.54) is 29.2 Å². The number of nitrogens with zero attached hydrogens (tertiary/aromatic N) is 4. The maximum absolute atomic E-state index is 13.4. The van der Waals surface area contributed by atoms with Gasteiger partial charge in [0.25, 0.3) is 0 Å². The van der Waals surface area contributed by atoms with Crippen LogP contribution in [0.4, 0.5) is 10.3 Å². The van der Waals surface area contributed by atoms with Crippen LogP contribution < -0.4 is 5.32 Å². The summed E-state index contributed by atoms with van der Waals surface area (Å²) in [6.45, 7) is -0.175. The van der Waals surface area contributed by atoms with Gasteiger partial charge in [-0.25, -0.2) is 19.3 Å². The Morgan fingerprint density at radius 2 is 2.11 bits per heavy atom. The van der Waals surface area contributed by atoms with Gasteiger partial charge < -0.3 is 25.4 Å². The molecule has 1 fully saturated rings. The van der Waals surface area contributed by atoms with Crippen molar-refractivity contribution in [2.75, 3.05) is 11.9 Å². The Morgan fingerprint density at radius 1 is 1.26 bits per heavy atom. The monoisotopic (exact) mass is 375 g/mol. The van der Waals surface area contributed by atoms with Crippen molar-refractivity contribution in [3.05, 3.63) is 48.2 Å². The number of anilines is 1. The molecule has 9 nitrogen and oxygen atoms in total. The van der Waals surface area contributed by atoms with E-state index >= 15 is 0 Å². The molecule has 1 aliphatic heterocycles. The molecule has 1 aliphatic rings. The van der Waals surface area contributed by atoms with Gasteiger partial charge in [-0.15, -0.1) is 0 Å². The first-order chi connectivity index (χ1) is 13.1. The summed E-state index contributed by atoms with van der Waals surface area (Å²) in [6.07, 6.45) is -1.64. The van der Waals surface area contributed by atoms with Crippen LogP contribution in [0.25, 0.3) is 11.2 Å². The second-order valence-corrected chi connectivity index (χ2v) is 6.25. The van der Waals surface area contributed by atoms with E-state index in [1.807, 2.05) is 0 Å². The van der Waals surface area contributed by atoms with Crippen molar-refractivity contribution in [1.29, 1.82) is 0 Å². The highest BCUT2D eigenvalue weighted by atomic mass is 19.1. The fourth-order valence-electron chi connectivity index (χ4n) is 3.14. The number of aromatic nitrogens is 4. The standard InChI is InChI=1S/C17H18FN5O4/c18-10-3-1-2-9(4-10)5-20-17-22-11-6-19-8-21-15(11)23(17)16-14(26)13(25)12(7-24)27-16/h1-4,6,8,12-14,16,24-26H,5,7H2,(H,20,22)/t12-,13-,14+,16?/m1/s1. The number of benzene rings is 1. The number of imidazole rings is 1. The Balaban J connectivity index is 1.69. The lowest BCUT2D eigenvalue weighted by atomic mass is 10.1. The number of hydrogen-bond acceptors (Lipinski definition) is 8. The topological polar surface area (TPSA) is 126 Å². The summed E-state index contributed by atoms with van der Waals surface area (Å²) in [5, 5.41) is 32.9. The van der Waals surface area contributed by atoms with Crippen molar-refractivity contribution in [2.45, 2.75) is 31.1 Å². The fraction of sp³-hybridized carbons (Fsp3) is 0.353. The molecule has 1 unspecified atom stereocenters. The van der Waals surface area contributed by atoms with Gasteiger partial charge in [-0.1, -0.05) is 12.1 Å². The van der Waals surface area contributed by atoms with Crippen LogP contribution in [0.15, 0.2) is 36.8 Å². The van der Waals surface area contributed by atoms with E-state index in [-0.39, 0.29) is 12.4 Å². The summed E-state index contributed by atoms with van der Waals surface area (Å²) in [4.78, 5) is 12.5. The summed E-state index contributed by atoms with van der Waals surface area (Å²) in [5.74, 6) is -0.0401. The highest BCUT2D eigenvalue weighted by Gasteiger charge is 2.44. The zero-order valence-corrected chi connectivity index (χ0v) is 14.1. The minimum atomic E-state index is -1.29. The third-order valence-electron chi connectivity index (χ3n) is 4.47. The maximum Gasteiger partial charge on any atom is 0.207 e. The first-order valence-corrected chi connectivity index (χ1v) is 8.37. The van der Waals surface area contributed by atoms with Crippen LogP contribution >= 0.6 is 0 Å². The van der Waals surface area contributed by atoms with Crippen molar-refractivity contribution in [2.24, 2.45) is 0 Å². The van der Waals surface area contributed by atoms with Gasteiger partial charge in [0.2, 0.25) is 5.95 Å². The molecule has 0 amide bonds. The molecule has 0 aliphatic carbocycles. The molecule has 2 aromatic heterocycles. The summed E-state index contributed by atoms with van der Waals surface area (Å²) >= 11 is 0. The number of fused-ring (bicyclic) bond motifs is 1. The molecule has 0 saturated carbocycles. The summed E-state index contributed by atoms with van der Waals surface area (Å²) < 4.78 is 20.5. The summed E-state index contributed by atoms with van der Waals surface area (Å²) in [7, 11) is 0. The van der Waals surface area contributed by atoms with Crippen LogP contribution in [0.1, 0.15) is 11.8 Å². The number of ether oxygens (including phenoxy) is 1. The second kappa shape index (κ2) is 7.16. The molecule has 1 aromatic carbocycles. The zero-order chi connectivity index (χ0) is 19.0. The Bertz CT molecular complexity index is 952. The van der Waals surface area contributed by atoms with Crippen molar-refractivity contribution in [3.63, 3.8) is 0 Å². The van der Waals surface area contributed by atoms with Crippen molar-refractivity contribution >= 4 is 17.1 Å². The predicted molar refractivity (Wildman–Crippen MR) is 92.1 cm³/mol. The van der Waals surface area contributed by atoms with Gasteiger partial charge in [-0.2, -0.15) is 0 Å². The van der Waals surface area contributed by atoms with Gasteiger partial charge in [0.05, 0.1) is 12.8 Å². The second-order valence-electron chi connectivity index (χ2n) is 6.25. The number of aliphatic hydroxyl groups excluding tert-OH is 3. The molecule has 4 rings (SSSR count). The lowest BCUT2D eigenvalue weighted by molar-refractivity contribution is -0.0501. The van der Waals surface area contributed by atoms with Crippen molar-refractivity contribution < 1.29 is 24.4 Å². The average Bonchev–Trinajstić information content (AvgIpc) is 3.17. The van der Waals surface area contributed by atoms with Gasteiger partial charge in [0, 0.05) is 6.54 Å². The van der Waals surface area contributed by atoms with Gasteiger partial charge in [-0.3, -0.25) is 4.57 Å². The van der Waals surface area contributed by atoms with Crippen LogP contribution in [0, 0.1) is 5.82 Å². The molecule has 10 heteroatoms. The minimum absolute atomic E-state index is 0.267. The molecule has 4 N–H and O–H groups in total. The van der Waals surface area contributed by atoms with E-state index in [9.17, 15) is 19.7 Å². The third-order valence-corrected chi connectivity index (χ3v) is 4.47. The molecule has 3 heterocycles. The number of hydrogen-bond donors (Lipinski definition) is 4. The van der Waals surface area contributed by atoms with E-state index in [0.717, 1.165) is 0 Å². The van der Waals surface area contributed by atoms with Crippen LogP contribution in [0.2, 0.25) is 0 Å². The molecule has 4 atom stereocenters. The highest BCUT2D eigenvalue weighted by molar-refractivity contribution is 5.73. The third kappa shape index (κ3) is 3.23. The first kappa shape index (κ1) is 17.7. The van der Waals surface area contributed by atoms with Crippen molar-refractivity contribution in [3.8, 4) is 0 Å². The number of rotatable bonds is 5. The van der Waals surface area contributed by atoms with Crippen LogP contribution in [0.3, 0.4) is 0 Å². The molecule has 27 heavy (non-hydrogen) atoms. The molecule has 3 aromatic rings. The zero-order valence-electron chi connectivity index (χ0n) is 14.1. The molecule has 0 spiro atoms. The lowest BCUT2D eigenvalue weighted by Gasteiger charge is -2.19. The normalized spacial score (nSPS) is 25.2. The Kier molecular flexibility index (Phi) is 4.70. The molecule has 0 radical (unpaired) electrons. The molecular weight excluding hydrogens is 357 g/mol. The van der Waals surface area contributed by atoms with Gasteiger partial charge in [0.15, 0.2) is 11.9 Å². The maximum atomic E-state index is 13.4. The van der Waals surface area contributed by atoms with Gasteiger partial charge >= 0.3 is 0 Å². The molecule has 0 bridgehead atoms. The van der Waals surface area contributed by atoms with E-state index in [0.29, 0.717) is 22.7 Å². The van der Waals surface area contributed by atoms with Crippen molar-refractivity contribution in [1.82, 2.24) is 19.5 Å². The largest absolute Gasteiger partial charge is 0.394 e. The fourth-order valence-corrected chi connectivity index (χ4v) is 3.14. The van der Waals surface area contributed by atoms with Crippen LogP contribution in [-0.4, -0.2) is 59.8 Å². The van der Waals surface area contributed by atoms with Gasteiger partial charge in [0.1, 0.15) is 36.0 Å². The van der Waals surface area contributed by atoms with Gasteiger partial charge in [-0.05, 0) is 17.7 Å². The minimum Gasteiger partial charge on any atom is -0.394 e. The summed E-state index contributed by atoms with van der Waals surface area (Å²) in [5.41, 5.74) is 1.54. The first-order valence-electron chi connectivity index (χ1n) is 8.37. The SMILES string of the molecule is OC[C@H]1OC(n2c(NCc3cccc(F)c3)nc3cncnc32)[C@@H](O)[C@@H]1O. The van der Waals surface area contributed by atoms with Crippen LogP contribution in [-0.2, 0) is 11.3 Å². The number of aliphatic hydroxyl groups is 3. The van der Waals surface area contributed by atoms with E-state index < -0.39 is 31.1 Å². The smallest absolute Gasteiger partial charge is 0.207 e. The van der Waals surface area contributed by atoms with Crippen LogP contribution in [0.5, 0.6) is 0 Å². The molecular formula is C17H18FN5O4. The van der Waals surface area contributed by atoms with E-state index in [2.05, 4.69) is 20.3 Å². The lowest BCUT2D eigenvalue weighted by Crippen LogP contribution is -2.33. The quantitative estimate of drug-likeness (QED) is 0.498. The van der Waals surface area contributed by atoms with E-state index in [4.69, 9.17) is 4.74 Å². The summed E-state index contributed by atoms with van der Waals surface area (Å²) in [6, 6.07) is 6.11. The Morgan fingerprint density at radius 3 is 2.85 bits per heavy atom. The molecule has 142 valence electrons. The number of halogens is 1. The predicted octanol–water partition coefficient (Wildman–Crippen LogP) is 0.189. The highest BCUT2D eigenvalue weighted by Crippen LogP contribution is 2.34. The molecule has 1 saturated heterocycles. The Labute approximate surface area is 153 Å².